The molecule has 0 aromatic heterocycles. The zero-order valence-electron chi connectivity index (χ0n) is 27.9. The van der Waals surface area contributed by atoms with Gasteiger partial charge in [0.15, 0.2) is 11.6 Å². The van der Waals surface area contributed by atoms with E-state index in [-0.39, 0.29) is 35.3 Å². The molecule has 5 rings (SSSR count). The number of anilines is 2. The molecular formula is C36H40ClN6O6+. The third-order valence-corrected chi connectivity index (χ3v) is 8.66. The van der Waals surface area contributed by atoms with Gasteiger partial charge < -0.3 is 32.0 Å². The van der Waals surface area contributed by atoms with Gasteiger partial charge in [-0.25, -0.2) is 0 Å². The van der Waals surface area contributed by atoms with Gasteiger partial charge in [0.1, 0.15) is 13.1 Å². The molecule has 1 aliphatic carbocycles. The number of ketones is 2. The Morgan fingerprint density at radius 1 is 0.571 bits per heavy atom. The molecule has 0 saturated carbocycles. The highest BCUT2D eigenvalue weighted by Gasteiger charge is 2.34. The van der Waals surface area contributed by atoms with E-state index < -0.39 is 9.85 Å². The van der Waals surface area contributed by atoms with Crippen LogP contribution in [0.3, 0.4) is 0 Å². The molecule has 0 atom stereocenters. The fourth-order valence-electron chi connectivity index (χ4n) is 6.10. The number of likely N-dealkylation sites (N-methyl/N-ethyl adjacent to an activating group) is 2. The number of halogens is 1. The fraction of sp³-hybridized carbons (Fsp3) is 0.278. The van der Waals surface area contributed by atoms with Crippen molar-refractivity contribution in [3.63, 3.8) is 0 Å². The van der Waals surface area contributed by atoms with Crippen LogP contribution in [0.15, 0.2) is 84.9 Å². The first-order chi connectivity index (χ1) is 22.7. The molecule has 4 aromatic rings. The van der Waals surface area contributed by atoms with E-state index in [1.807, 2.05) is 12.1 Å². The minimum absolute atomic E-state index is 0. The number of fused-ring (bicyclic) bond motifs is 2. The Hall–Kier alpha value is -5.17. The minimum Gasteiger partial charge on any atom is -1.00 e. The van der Waals surface area contributed by atoms with Crippen molar-refractivity contribution in [2.75, 3.05) is 65.0 Å². The first kappa shape index (κ1) is 36.7. The molecule has 0 heterocycles. The number of rotatable bonds is 14. The predicted octanol–water partition coefficient (Wildman–Crippen LogP) is 2.66. The number of carbonyl (C=O) groups excluding carboxylic acids is 2. The van der Waals surface area contributed by atoms with Crippen LogP contribution in [0.25, 0.3) is 0 Å². The van der Waals surface area contributed by atoms with Gasteiger partial charge in [-0.05, 0) is 36.4 Å². The number of hydrogen-bond donors (Lipinski definition) is 2. The lowest BCUT2D eigenvalue weighted by atomic mass is 9.82. The Labute approximate surface area is 291 Å². The van der Waals surface area contributed by atoms with Gasteiger partial charge in [-0.2, -0.15) is 0 Å². The van der Waals surface area contributed by atoms with Gasteiger partial charge in [-0.1, -0.05) is 24.3 Å². The van der Waals surface area contributed by atoms with Crippen molar-refractivity contribution in [2.45, 2.75) is 13.1 Å². The van der Waals surface area contributed by atoms with E-state index in [0.29, 0.717) is 81.9 Å². The summed E-state index contributed by atoms with van der Waals surface area (Å²) in [6, 6.07) is 23.7. The van der Waals surface area contributed by atoms with Crippen molar-refractivity contribution in [3.8, 4) is 0 Å². The topological polar surface area (TPSA) is 144 Å². The van der Waals surface area contributed by atoms with E-state index in [1.165, 1.54) is 24.3 Å². The van der Waals surface area contributed by atoms with E-state index in [9.17, 15) is 29.8 Å². The second-order valence-corrected chi connectivity index (χ2v) is 13.5. The highest BCUT2D eigenvalue weighted by molar-refractivity contribution is 6.31. The predicted molar refractivity (Wildman–Crippen MR) is 184 cm³/mol. The smallest absolute Gasteiger partial charge is 0.269 e. The molecule has 13 heteroatoms. The van der Waals surface area contributed by atoms with Crippen molar-refractivity contribution in [3.05, 3.63) is 139 Å². The Kier molecular flexibility index (Phi) is 11.2. The average molecular weight is 688 g/mol. The molecule has 2 N–H and O–H groups in total. The van der Waals surface area contributed by atoms with Crippen LogP contribution in [-0.2, 0) is 13.1 Å². The Bertz CT molecular complexity index is 1740. The fourth-order valence-corrected chi connectivity index (χ4v) is 6.10. The summed E-state index contributed by atoms with van der Waals surface area (Å²) in [6.45, 7) is 3.74. The number of nitro groups is 2. The third kappa shape index (κ3) is 8.65. The van der Waals surface area contributed by atoms with Crippen molar-refractivity contribution in [1.82, 2.24) is 0 Å². The van der Waals surface area contributed by atoms with Crippen LogP contribution < -0.4 is 23.0 Å². The second-order valence-electron chi connectivity index (χ2n) is 13.5. The van der Waals surface area contributed by atoms with Gasteiger partial charge in [-0.15, -0.1) is 0 Å². The second kappa shape index (κ2) is 14.9. The van der Waals surface area contributed by atoms with Gasteiger partial charge in [0.2, 0.25) is 0 Å². The zero-order valence-corrected chi connectivity index (χ0v) is 28.7. The molecule has 0 amide bonds. The van der Waals surface area contributed by atoms with Crippen LogP contribution in [0.1, 0.15) is 43.0 Å². The summed E-state index contributed by atoms with van der Waals surface area (Å²) in [5, 5.41) is 28.9. The number of hydrogen-bond acceptors (Lipinski definition) is 8. The van der Waals surface area contributed by atoms with Crippen LogP contribution in [-0.4, -0.2) is 84.7 Å². The quantitative estimate of drug-likeness (QED) is 0.103. The zero-order chi connectivity index (χ0) is 34.6. The summed E-state index contributed by atoms with van der Waals surface area (Å²) in [6.07, 6.45) is 0. The molecule has 0 saturated heterocycles. The van der Waals surface area contributed by atoms with Gasteiger partial charge in [0, 0.05) is 57.9 Å². The van der Waals surface area contributed by atoms with E-state index in [1.54, 1.807) is 48.5 Å². The number of nitrogens with one attached hydrogen (secondary N) is 2. The lowest BCUT2D eigenvalue weighted by molar-refractivity contribution is -0.902. The number of nitrogens with zero attached hydrogens (tertiary/aromatic N) is 4. The van der Waals surface area contributed by atoms with Crippen LogP contribution in [0, 0.1) is 20.2 Å². The van der Waals surface area contributed by atoms with Crippen LogP contribution in [0.2, 0.25) is 0 Å². The molecule has 49 heavy (non-hydrogen) atoms. The van der Waals surface area contributed by atoms with E-state index in [2.05, 4.69) is 38.8 Å². The van der Waals surface area contributed by atoms with Gasteiger partial charge >= 0.3 is 0 Å². The molecule has 0 radical (unpaired) electrons. The standard InChI is InChI=1S/C36H38N6O6.ClH/c1-41(2,23-25-9-13-27(14-10-25)39(45)46)21-19-37-31-17-18-32(34-33(31)35(43)29-7-5-6-8-30(29)36(34)44)38-20-22-42(3,4)24-26-11-15-28(16-12-26)40(47)48;/h5-18H,19-24H2,1-4H3;1H/p+1. The van der Waals surface area contributed by atoms with E-state index in [0.717, 1.165) is 11.1 Å². The van der Waals surface area contributed by atoms with Gasteiger partial charge in [0.25, 0.3) is 11.4 Å². The summed E-state index contributed by atoms with van der Waals surface area (Å²) in [4.78, 5) is 49.0. The summed E-state index contributed by atoms with van der Waals surface area (Å²) in [7, 11) is 8.27. The van der Waals surface area contributed by atoms with Gasteiger partial charge in [-0.3, -0.25) is 29.8 Å². The van der Waals surface area contributed by atoms with Crippen LogP contribution in [0.4, 0.5) is 22.7 Å². The number of nitro benzene ring substituents is 2. The highest BCUT2D eigenvalue weighted by Crippen LogP contribution is 2.36. The number of quaternary nitrogens is 2. The van der Waals surface area contributed by atoms with Crippen molar-refractivity contribution >= 4 is 34.3 Å². The molecule has 0 bridgehead atoms. The maximum Gasteiger partial charge on any atom is 0.269 e. The van der Waals surface area contributed by atoms with Crippen LogP contribution >= 0.6 is 0 Å². The number of non-ortho nitro benzene ring substituents is 2. The summed E-state index contributed by atoms with van der Waals surface area (Å²) in [5.41, 5.74) is 4.71. The molecule has 0 spiro atoms. The summed E-state index contributed by atoms with van der Waals surface area (Å²) < 4.78 is 1.19. The van der Waals surface area contributed by atoms with E-state index >= 15 is 0 Å². The number of benzene rings is 4. The first-order valence-corrected chi connectivity index (χ1v) is 15.7. The molecule has 0 unspecified atom stereocenters. The van der Waals surface area contributed by atoms with Crippen LogP contribution in [0.5, 0.6) is 0 Å². The lowest BCUT2D eigenvalue weighted by Gasteiger charge is -2.31. The van der Waals surface area contributed by atoms with Crippen molar-refractivity contribution < 1.29 is 40.8 Å². The lowest BCUT2D eigenvalue weighted by Crippen LogP contribution is -3.00. The Morgan fingerprint density at radius 2 is 0.918 bits per heavy atom. The van der Waals surface area contributed by atoms with Crippen molar-refractivity contribution in [2.24, 2.45) is 0 Å². The van der Waals surface area contributed by atoms with Gasteiger partial charge in [0.05, 0.1) is 75.3 Å². The third-order valence-electron chi connectivity index (χ3n) is 8.66. The molecule has 1 aliphatic rings. The molecule has 12 nitrogen and oxygen atoms in total. The maximum absolute atomic E-state index is 13.9. The SMILES string of the molecule is C[N+](C)(CCNc1ccc(NCC[N+](C)(C)Cc2ccc([N+](=O)[O-])cc2)c2c1C(=O)c1ccccc1C2=O)Cc1ccc([N+](=O)[O-])cc1.[Cl-]. The first-order valence-electron chi connectivity index (χ1n) is 15.7. The molecule has 256 valence electrons. The Balaban J connectivity index is 0.00000541. The molecule has 4 aromatic carbocycles. The normalized spacial score (nSPS) is 12.4. The average Bonchev–Trinajstić information content (AvgIpc) is 3.04. The summed E-state index contributed by atoms with van der Waals surface area (Å²) >= 11 is 0. The minimum atomic E-state index is -0.413. The molecule has 0 fully saturated rings. The van der Waals surface area contributed by atoms with Crippen molar-refractivity contribution in [1.29, 1.82) is 0 Å². The largest absolute Gasteiger partial charge is 1.00 e. The Morgan fingerprint density at radius 3 is 1.24 bits per heavy atom. The molecule has 0 aliphatic heterocycles. The molecular weight excluding hydrogens is 648 g/mol. The summed E-state index contributed by atoms with van der Waals surface area (Å²) in [5.74, 6) is -0.416. The number of carbonyl (C=O) groups is 2. The maximum atomic E-state index is 13.9. The monoisotopic (exact) mass is 687 g/mol. The highest BCUT2D eigenvalue weighted by atomic mass is 35.5. The van der Waals surface area contributed by atoms with E-state index in [4.69, 9.17) is 0 Å².